The lowest BCUT2D eigenvalue weighted by Gasteiger charge is -2.38. The van der Waals surface area contributed by atoms with Gasteiger partial charge in [-0.2, -0.15) is 5.26 Å². The van der Waals surface area contributed by atoms with E-state index in [0.717, 1.165) is 18.9 Å². The van der Waals surface area contributed by atoms with E-state index in [1.807, 2.05) is 11.8 Å². The van der Waals surface area contributed by atoms with Gasteiger partial charge in [-0.25, -0.2) is 8.78 Å². The van der Waals surface area contributed by atoms with Crippen molar-refractivity contribution in [1.29, 1.82) is 5.26 Å². The molecule has 3 fully saturated rings. The van der Waals surface area contributed by atoms with E-state index in [4.69, 9.17) is 0 Å². The number of carbonyl (C=O) groups is 2. The summed E-state index contributed by atoms with van der Waals surface area (Å²) in [5.74, 6) is -1.69. The molecule has 3 saturated heterocycles. The highest BCUT2D eigenvalue weighted by atomic mass is 19.1. The van der Waals surface area contributed by atoms with E-state index in [1.165, 1.54) is 12.1 Å². The van der Waals surface area contributed by atoms with Crippen LogP contribution in [0.2, 0.25) is 0 Å². The molecule has 0 radical (unpaired) electrons. The number of hydrogen-bond acceptors (Lipinski definition) is 4. The van der Waals surface area contributed by atoms with Gasteiger partial charge in [0, 0.05) is 37.7 Å². The van der Waals surface area contributed by atoms with Crippen LogP contribution < -0.4 is 0 Å². The van der Waals surface area contributed by atoms with Gasteiger partial charge in [0.25, 0.3) is 0 Å². The van der Waals surface area contributed by atoms with Gasteiger partial charge in [-0.3, -0.25) is 14.5 Å². The van der Waals surface area contributed by atoms with Crippen molar-refractivity contribution in [2.45, 2.75) is 57.3 Å². The van der Waals surface area contributed by atoms with Gasteiger partial charge in [-0.1, -0.05) is 6.92 Å². The highest BCUT2D eigenvalue weighted by molar-refractivity contribution is 5.86. The molecule has 2 bridgehead atoms. The summed E-state index contributed by atoms with van der Waals surface area (Å²) in [5.41, 5.74) is 0.445. The van der Waals surface area contributed by atoms with Crippen molar-refractivity contribution >= 4 is 11.8 Å². The van der Waals surface area contributed by atoms with Crippen LogP contribution in [0.3, 0.4) is 0 Å². The average molecular weight is 416 g/mol. The molecule has 30 heavy (non-hydrogen) atoms. The Morgan fingerprint density at radius 1 is 1.27 bits per heavy atom. The van der Waals surface area contributed by atoms with Gasteiger partial charge in [-0.05, 0) is 43.9 Å². The topological polar surface area (TPSA) is 67.7 Å². The number of hydrogen-bond donors (Lipinski definition) is 0. The van der Waals surface area contributed by atoms with Crippen LogP contribution >= 0.6 is 0 Å². The second kappa shape index (κ2) is 7.95. The van der Waals surface area contributed by atoms with Crippen molar-refractivity contribution in [2.24, 2.45) is 5.92 Å². The first-order valence-corrected chi connectivity index (χ1v) is 10.5. The average Bonchev–Trinajstić information content (AvgIpc) is 3.40. The minimum Gasteiger partial charge on any atom is -0.330 e. The van der Waals surface area contributed by atoms with Gasteiger partial charge >= 0.3 is 0 Å². The molecule has 1 aromatic carbocycles. The van der Waals surface area contributed by atoms with E-state index < -0.39 is 17.7 Å². The van der Waals surface area contributed by atoms with Crippen LogP contribution in [0.4, 0.5) is 8.78 Å². The van der Waals surface area contributed by atoms with Crippen LogP contribution in [-0.2, 0) is 9.59 Å². The largest absolute Gasteiger partial charge is 0.330 e. The Morgan fingerprint density at radius 2 is 1.97 bits per heavy atom. The molecule has 1 aromatic rings. The number of rotatable bonds is 5. The van der Waals surface area contributed by atoms with Gasteiger partial charge in [0.15, 0.2) is 0 Å². The minimum absolute atomic E-state index is 0.0327. The third-order valence-corrected chi connectivity index (χ3v) is 6.71. The van der Waals surface area contributed by atoms with E-state index >= 15 is 0 Å². The molecule has 0 aromatic heterocycles. The van der Waals surface area contributed by atoms with Crippen molar-refractivity contribution in [3.05, 3.63) is 35.4 Å². The Kier molecular flexibility index (Phi) is 5.49. The minimum atomic E-state index is -0.653. The molecular weight excluding hydrogens is 390 g/mol. The van der Waals surface area contributed by atoms with Crippen LogP contribution in [0.1, 0.15) is 44.7 Å². The fraction of sp³-hybridized carbons (Fsp3) is 0.591. The Hall–Kier alpha value is -2.53. The van der Waals surface area contributed by atoms with Gasteiger partial charge in [-0.15, -0.1) is 0 Å². The zero-order valence-corrected chi connectivity index (χ0v) is 17.2. The van der Waals surface area contributed by atoms with Crippen LogP contribution in [0.15, 0.2) is 18.2 Å². The summed E-state index contributed by atoms with van der Waals surface area (Å²) in [6.07, 6.45) is 2.22. The maximum Gasteiger partial charge on any atom is 0.240 e. The van der Waals surface area contributed by atoms with Crippen LogP contribution in [0, 0.1) is 28.9 Å². The Balaban J connectivity index is 1.41. The summed E-state index contributed by atoms with van der Waals surface area (Å²) in [6, 6.07) is 4.45. The molecule has 3 heterocycles. The summed E-state index contributed by atoms with van der Waals surface area (Å²) >= 11 is 0. The first kappa shape index (κ1) is 20.7. The first-order chi connectivity index (χ1) is 14.3. The number of fused-ring (bicyclic) bond motifs is 2. The normalized spacial score (nSPS) is 28.1. The molecule has 3 aliphatic rings. The Labute approximate surface area is 175 Å². The van der Waals surface area contributed by atoms with E-state index in [-0.39, 0.29) is 35.9 Å². The van der Waals surface area contributed by atoms with Crippen molar-refractivity contribution < 1.29 is 18.4 Å². The van der Waals surface area contributed by atoms with Gasteiger partial charge < -0.3 is 9.80 Å². The highest BCUT2D eigenvalue weighted by Gasteiger charge is 2.51. The highest BCUT2D eigenvalue weighted by Crippen LogP contribution is 2.38. The predicted molar refractivity (Wildman–Crippen MR) is 105 cm³/mol. The fourth-order valence-electron chi connectivity index (χ4n) is 5.25. The summed E-state index contributed by atoms with van der Waals surface area (Å²) in [4.78, 5) is 31.3. The van der Waals surface area contributed by atoms with Crippen molar-refractivity contribution in [3.63, 3.8) is 0 Å². The lowest BCUT2D eigenvalue weighted by molar-refractivity contribution is -0.142. The van der Waals surface area contributed by atoms with Gasteiger partial charge in [0.1, 0.15) is 17.7 Å². The lowest BCUT2D eigenvalue weighted by Crippen LogP contribution is -2.53. The number of nitrogens with zero attached hydrogens (tertiary/aromatic N) is 4. The second-order valence-corrected chi connectivity index (χ2v) is 8.70. The summed E-state index contributed by atoms with van der Waals surface area (Å²) in [6.45, 7) is 5.36. The maximum absolute atomic E-state index is 13.6. The molecule has 0 N–H and O–H groups in total. The molecule has 160 valence electrons. The molecule has 0 aliphatic carbocycles. The second-order valence-electron chi connectivity index (χ2n) is 8.70. The van der Waals surface area contributed by atoms with Crippen LogP contribution in [0.25, 0.3) is 0 Å². The summed E-state index contributed by atoms with van der Waals surface area (Å²) in [5, 5.41) is 9.23. The third kappa shape index (κ3) is 3.56. The first-order valence-electron chi connectivity index (χ1n) is 10.5. The number of likely N-dealkylation sites (tertiary alicyclic amines) is 3. The molecule has 0 spiro atoms. The molecule has 5 atom stereocenters. The molecule has 8 heteroatoms. The molecule has 6 nitrogen and oxygen atoms in total. The lowest BCUT2D eigenvalue weighted by atomic mass is 10.0. The van der Waals surface area contributed by atoms with E-state index in [0.29, 0.717) is 31.6 Å². The molecular formula is C22H26F2N4O2. The zero-order chi connectivity index (χ0) is 21.6. The molecule has 1 unspecified atom stereocenters. The van der Waals surface area contributed by atoms with E-state index in [1.54, 1.807) is 16.7 Å². The van der Waals surface area contributed by atoms with Gasteiger partial charge in [0.05, 0.1) is 18.2 Å². The van der Waals surface area contributed by atoms with Gasteiger partial charge in [0.2, 0.25) is 11.8 Å². The van der Waals surface area contributed by atoms with E-state index in [9.17, 15) is 23.6 Å². The van der Waals surface area contributed by atoms with Crippen LogP contribution in [-0.4, -0.2) is 64.3 Å². The molecule has 4 rings (SSSR count). The number of benzene rings is 1. The monoisotopic (exact) mass is 416 g/mol. The SMILES string of the molecule is C[C@@H](CN1CC2C[C@@H]1C(=O)N2[C@@H](C)c1cc(F)cc(F)c1)C(=O)N1CCC[C@H]1C#N. The zero-order valence-electron chi connectivity index (χ0n) is 17.2. The number of amides is 2. The quantitative estimate of drug-likeness (QED) is 0.740. The summed E-state index contributed by atoms with van der Waals surface area (Å²) in [7, 11) is 0. The maximum atomic E-state index is 13.6. The predicted octanol–water partition coefficient (Wildman–Crippen LogP) is 2.46. The third-order valence-electron chi connectivity index (χ3n) is 6.71. The smallest absolute Gasteiger partial charge is 0.240 e. The molecule has 0 saturated carbocycles. The van der Waals surface area contributed by atoms with Crippen molar-refractivity contribution in [3.8, 4) is 6.07 Å². The number of carbonyl (C=O) groups excluding carboxylic acids is 2. The standard InChI is InChI=1S/C22H26F2N4O2/c1-13(21(29)27-5-3-4-18(27)10-25)11-26-12-19-9-20(26)22(30)28(19)14(2)15-6-16(23)8-17(24)7-15/h6-8,13-14,18-20H,3-5,9,11-12H2,1-2H3/t13-,14-,18-,19?,20+/m0/s1. The van der Waals surface area contributed by atoms with Crippen molar-refractivity contribution in [2.75, 3.05) is 19.6 Å². The Bertz CT molecular complexity index is 881. The molecule has 3 aliphatic heterocycles. The Morgan fingerprint density at radius 3 is 2.60 bits per heavy atom. The van der Waals surface area contributed by atoms with Crippen molar-refractivity contribution in [1.82, 2.24) is 14.7 Å². The number of piperazine rings is 1. The van der Waals surface area contributed by atoms with Crippen LogP contribution in [0.5, 0.6) is 0 Å². The number of halogens is 2. The van der Waals surface area contributed by atoms with E-state index in [2.05, 4.69) is 6.07 Å². The summed E-state index contributed by atoms with van der Waals surface area (Å²) < 4.78 is 27.2. The molecule has 2 amide bonds. The fourth-order valence-corrected chi connectivity index (χ4v) is 5.25. The number of nitriles is 1.